The molecule has 0 atom stereocenters. The number of amides is 2. The van der Waals surface area contributed by atoms with Crippen molar-refractivity contribution in [3.63, 3.8) is 0 Å². The second-order valence-electron chi connectivity index (χ2n) is 6.60. The van der Waals surface area contributed by atoms with Crippen LogP contribution in [-0.4, -0.2) is 18.4 Å². The molecule has 2 rings (SSSR count). The van der Waals surface area contributed by atoms with Crippen LogP contribution < -0.4 is 16.4 Å². The van der Waals surface area contributed by atoms with Gasteiger partial charge >= 0.3 is 0 Å². The zero-order valence-electron chi connectivity index (χ0n) is 14.9. The molecular weight excluding hydrogens is 314 g/mol. The van der Waals surface area contributed by atoms with Crippen LogP contribution in [0.4, 0.5) is 11.4 Å². The summed E-state index contributed by atoms with van der Waals surface area (Å²) in [6, 6.07) is 12.5. The van der Waals surface area contributed by atoms with Gasteiger partial charge in [-0.15, -0.1) is 0 Å². The van der Waals surface area contributed by atoms with Gasteiger partial charge in [0, 0.05) is 23.5 Å². The predicted octanol–water partition coefficient (Wildman–Crippen LogP) is 3.14. The minimum absolute atomic E-state index is 0.100. The zero-order chi connectivity index (χ0) is 18.4. The number of hydrogen-bond acceptors (Lipinski definition) is 3. The van der Waals surface area contributed by atoms with Crippen molar-refractivity contribution in [1.82, 2.24) is 5.32 Å². The Hall–Kier alpha value is -2.82. The average Bonchev–Trinajstić information content (AvgIpc) is 2.56. The van der Waals surface area contributed by atoms with Gasteiger partial charge in [-0.2, -0.15) is 0 Å². The van der Waals surface area contributed by atoms with E-state index in [1.54, 1.807) is 30.3 Å². The van der Waals surface area contributed by atoms with Crippen molar-refractivity contribution < 1.29 is 9.59 Å². The van der Waals surface area contributed by atoms with E-state index in [4.69, 9.17) is 5.73 Å². The van der Waals surface area contributed by atoms with Crippen molar-refractivity contribution in [1.29, 1.82) is 0 Å². The molecule has 2 aromatic rings. The lowest BCUT2D eigenvalue weighted by Gasteiger charge is -2.12. The Balaban J connectivity index is 1.99. The molecule has 132 valence electrons. The van der Waals surface area contributed by atoms with Gasteiger partial charge in [-0.1, -0.05) is 26.0 Å². The summed E-state index contributed by atoms with van der Waals surface area (Å²) in [6.07, 6.45) is 0.274. The molecule has 4 N–H and O–H groups in total. The molecule has 0 aliphatic rings. The van der Waals surface area contributed by atoms with Gasteiger partial charge in [-0.3, -0.25) is 9.59 Å². The second-order valence-corrected chi connectivity index (χ2v) is 6.60. The Morgan fingerprint density at radius 3 is 2.36 bits per heavy atom. The molecule has 0 heterocycles. The van der Waals surface area contributed by atoms with Crippen LogP contribution in [-0.2, 0) is 11.2 Å². The molecule has 5 nitrogen and oxygen atoms in total. The Morgan fingerprint density at radius 2 is 1.76 bits per heavy atom. The minimum atomic E-state index is -0.107. The van der Waals surface area contributed by atoms with Gasteiger partial charge in [-0.25, -0.2) is 0 Å². The van der Waals surface area contributed by atoms with Crippen molar-refractivity contribution in [3.05, 3.63) is 59.2 Å². The van der Waals surface area contributed by atoms with Gasteiger partial charge in [0.15, 0.2) is 0 Å². The first-order valence-corrected chi connectivity index (χ1v) is 8.38. The first kappa shape index (κ1) is 18.5. The monoisotopic (exact) mass is 339 g/mol. The molecule has 2 aromatic carbocycles. The van der Waals surface area contributed by atoms with Crippen LogP contribution in [0.25, 0.3) is 0 Å². The molecule has 2 amide bonds. The van der Waals surface area contributed by atoms with Crippen molar-refractivity contribution in [2.45, 2.75) is 27.2 Å². The van der Waals surface area contributed by atoms with Gasteiger partial charge in [-0.05, 0) is 54.3 Å². The van der Waals surface area contributed by atoms with Crippen LogP contribution in [0.15, 0.2) is 42.5 Å². The summed E-state index contributed by atoms with van der Waals surface area (Å²) in [5.41, 5.74) is 9.37. The van der Waals surface area contributed by atoms with E-state index in [1.807, 2.05) is 32.9 Å². The lowest BCUT2D eigenvalue weighted by Crippen LogP contribution is -2.27. The van der Waals surface area contributed by atoms with Crippen molar-refractivity contribution in [2.24, 2.45) is 5.92 Å². The highest BCUT2D eigenvalue weighted by Gasteiger charge is 2.10. The van der Waals surface area contributed by atoms with Crippen LogP contribution in [0.2, 0.25) is 0 Å². The lowest BCUT2D eigenvalue weighted by atomic mass is 10.1. The van der Waals surface area contributed by atoms with E-state index in [1.165, 1.54) is 0 Å². The normalized spacial score (nSPS) is 10.6. The summed E-state index contributed by atoms with van der Waals surface area (Å²) in [6.45, 7) is 6.60. The highest BCUT2D eigenvalue weighted by atomic mass is 16.2. The molecule has 0 saturated heterocycles. The molecule has 0 radical (unpaired) electrons. The fourth-order valence-corrected chi connectivity index (χ4v) is 2.36. The van der Waals surface area contributed by atoms with Crippen molar-refractivity contribution in [3.8, 4) is 0 Å². The molecule has 0 unspecified atom stereocenters. The van der Waals surface area contributed by atoms with Crippen LogP contribution in [0.3, 0.4) is 0 Å². The largest absolute Gasteiger partial charge is 0.399 e. The Bertz CT molecular complexity index is 752. The number of aryl methyl sites for hydroxylation is 1. The first-order chi connectivity index (χ1) is 11.8. The van der Waals surface area contributed by atoms with E-state index in [0.717, 1.165) is 11.1 Å². The Labute approximate surface area is 148 Å². The molecule has 0 aliphatic heterocycles. The first-order valence-electron chi connectivity index (χ1n) is 8.38. The molecule has 0 aromatic heterocycles. The van der Waals surface area contributed by atoms with Crippen LogP contribution >= 0.6 is 0 Å². The number of anilines is 2. The standard InChI is InChI=1S/C20H25N3O2/c1-13(2)12-22-20(25)16-6-9-18(14(3)10-16)23-19(24)11-15-4-7-17(21)8-5-15/h4-10,13H,11-12,21H2,1-3H3,(H,22,25)(H,23,24). The number of benzene rings is 2. The lowest BCUT2D eigenvalue weighted by molar-refractivity contribution is -0.115. The van der Waals surface area contributed by atoms with Gasteiger partial charge in [0.25, 0.3) is 5.91 Å². The van der Waals surface area contributed by atoms with Gasteiger partial charge in [0.1, 0.15) is 0 Å². The molecule has 5 heteroatoms. The molecule has 0 spiro atoms. The van der Waals surface area contributed by atoms with Crippen LogP contribution in [0.1, 0.15) is 35.3 Å². The van der Waals surface area contributed by atoms with E-state index < -0.39 is 0 Å². The number of rotatable bonds is 6. The maximum absolute atomic E-state index is 12.2. The summed E-state index contributed by atoms with van der Waals surface area (Å²) in [5, 5.41) is 5.77. The van der Waals surface area contributed by atoms with E-state index >= 15 is 0 Å². The van der Waals surface area contributed by atoms with Crippen LogP contribution in [0.5, 0.6) is 0 Å². The van der Waals surface area contributed by atoms with Gasteiger partial charge in [0.2, 0.25) is 5.91 Å². The number of carbonyl (C=O) groups is 2. The number of carbonyl (C=O) groups excluding carboxylic acids is 2. The summed E-state index contributed by atoms with van der Waals surface area (Å²) in [4.78, 5) is 24.3. The fraction of sp³-hybridized carbons (Fsp3) is 0.300. The maximum Gasteiger partial charge on any atom is 0.251 e. The number of hydrogen-bond donors (Lipinski definition) is 3. The molecular formula is C20H25N3O2. The maximum atomic E-state index is 12.2. The Kier molecular flexibility index (Phi) is 6.17. The third-order valence-electron chi connectivity index (χ3n) is 3.78. The van der Waals surface area contributed by atoms with Crippen LogP contribution in [0, 0.1) is 12.8 Å². The number of nitrogens with one attached hydrogen (secondary N) is 2. The van der Waals surface area contributed by atoms with Crippen molar-refractivity contribution >= 4 is 23.2 Å². The van der Waals surface area contributed by atoms with E-state index in [0.29, 0.717) is 29.4 Å². The average molecular weight is 339 g/mol. The molecule has 0 fully saturated rings. The summed E-state index contributed by atoms with van der Waals surface area (Å²) < 4.78 is 0. The number of nitrogen functional groups attached to an aromatic ring is 1. The van der Waals surface area contributed by atoms with Gasteiger partial charge < -0.3 is 16.4 Å². The summed E-state index contributed by atoms with van der Waals surface area (Å²) >= 11 is 0. The van der Waals surface area contributed by atoms with E-state index in [-0.39, 0.29) is 18.2 Å². The fourth-order valence-electron chi connectivity index (χ4n) is 2.36. The smallest absolute Gasteiger partial charge is 0.251 e. The van der Waals surface area contributed by atoms with E-state index in [9.17, 15) is 9.59 Å². The second kappa shape index (κ2) is 8.33. The van der Waals surface area contributed by atoms with Crippen molar-refractivity contribution in [2.75, 3.05) is 17.6 Å². The third kappa shape index (κ3) is 5.64. The highest BCUT2D eigenvalue weighted by molar-refractivity contribution is 5.97. The SMILES string of the molecule is Cc1cc(C(=O)NCC(C)C)ccc1NC(=O)Cc1ccc(N)cc1. The summed E-state index contributed by atoms with van der Waals surface area (Å²) in [7, 11) is 0. The molecule has 0 saturated carbocycles. The van der Waals surface area contributed by atoms with E-state index in [2.05, 4.69) is 10.6 Å². The highest BCUT2D eigenvalue weighted by Crippen LogP contribution is 2.17. The van der Waals surface area contributed by atoms with Gasteiger partial charge in [0.05, 0.1) is 6.42 Å². The zero-order valence-corrected chi connectivity index (χ0v) is 14.9. The molecule has 25 heavy (non-hydrogen) atoms. The third-order valence-corrected chi connectivity index (χ3v) is 3.78. The predicted molar refractivity (Wildman–Crippen MR) is 102 cm³/mol. The quantitative estimate of drug-likeness (QED) is 0.707. The summed E-state index contributed by atoms with van der Waals surface area (Å²) in [5.74, 6) is 0.193. The molecule has 0 aliphatic carbocycles. The number of nitrogens with two attached hydrogens (primary N) is 1. The topological polar surface area (TPSA) is 84.2 Å². The molecule has 0 bridgehead atoms. The Morgan fingerprint density at radius 1 is 1.08 bits per heavy atom. The minimum Gasteiger partial charge on any atom is -0.399 e.